The molecule has 1 aromatic heterocycles. The highest BCUT2D eigenvalue weighted by atomic mass is 32.2. The fourth-order valence-electron chi connectivity index (χ4n) is 1.05. The molecule has 0 aliphatic rings. The van der Waals surface area contributed by atoms with E-state index in [1.807, 2.05) is 37.3 Å². The molecule has 0 bridgehead atoms. The molecule has 70 valence electrons. The van der Waals surface area contributed by atoms with Crippen LogP contribution in [0.25, 0.3) is 0 Å². The van der Waals surface area contributed by atoms with Crippen LogP contribution in [0.1, 0.15) is 5.69 Å². The summed E-state index contributed by atoms with van der Waals surface area (Å²) in [5.74, 6) is 0. The van der Waals surface area contributed by atoms with Gasteiger partial charge in [-0.1, -0.05) is 30.0 Å². The Bertz CT molecular complexity index is 397. The van der Waals surface area contributed by atoms with Gasteiger partial charge >= 0.3 is 0 Å². The van der Waals surface area contributed by atoms with E-state index in [-0.39, 0.29) is 0 Å². The highest BCUT2D eigenvalue weighted by Gasteiger charge is 1.97. The predicted octanol–water partition coefficient (Wildman–Crippen LogP) is 2.94. The van der Waals surface area contributed by atoms with E-state index in [4.69, 9.17) is 0 Å². The summed E-state index contributed by atoms with van der Waals surface area (Å²) in [5.41, 5.74) is 0.947. The third kappa shape index (κ3) is 2.33. The molecule has 0 saturated carbocycles. The monoisotopic (exact) mass is 202 g/mol. The lowest BCUT2D eigenvalue weighted by molar-refractivity contribution is 0.896. The van der Waals surface area contributed by atoms with Crippen LogP contribution in [0.5, 0.6) is 0 Å². The zero-order chi connectivity index (χ0) is 9.80. The topological polar surface area (TPSA) is 25.8 Å². The zero-order valence-electron chi connectivity index (χ0n) is 7.84. The van der Waals surface area contributed by atoms with Crippen molar-refractivity contribution >= 4 is 11.8 Å². The smallest absolute Gasteiger partial charge is 0.124 e. The molecule has 1 aromatic carbocycles. The summed E-state index contributed by atoms with van der Waals surface area (Å²) in [6.07, 6.45) is 0. The lowest BCUT2D eigenvalue weighted by Gasteiger charge is -1.99. The van der Waals surface area contributed by atoms with Gasteiger partial charge in [0.25, 0.3) is 0 Å². The van der Waals surface area contributed by atoms with Crippen LogP contribution in [0.3, 0.4) is 0 Å². The van der Waals surface area contributed by atoms with E-state index >= 15 is 0 Å². The van der Waals surface area contributed by atoms with Gasteiger partial charge in [0.15, 0.2) is 0 Å². The molecule has 1 heterocycles. The second-order valence-corrected chi connectivity index (χ2v) is 4.02. The van der Waals surface area contributed by atoms with Gasteiger partial charge in [-0.05, 0) is 31.2 Å². The largest absolute Gasteiger partial charge is 0.155 e. The van der Waals surface area contributed by atoms with Crippen LogP contribution in [0.4, 0.5) is 0 Å². The van der Waals surface area contributed by atoms with Crippen molar-refractivity contribution in [3.63, 3.8) is 0 Å². The Kier molecular flexibility index (Phi) is 2.79. The van der Waals surface area contributed by atoms with E-state index in [2.05, 4.69) is 22.3 Å². The van der Waals surface area contributed by atoms with Crippen LogP contribution in [-0.2, 0) is 0 Å². The van der Waals surface area contributed by atoms with Crippen molar-refractivity contribution in [2.45, 2.75) is 16.8 Å². The molecule has 0 aliphatic carbocycles. The second-order valence-electron chi connectivity index (χ2n) is 2.93. The first kappa shape index (κ1) is 9.21. The van der Waals surface area contributed by atoms with Crippen LogP contribution < -0.4 is 0 Å². The van der Waals surface area contributed by atoms with E-state index in [9.17, 15) is 0 Å². The Labute approximate surface area is 87.4 Å². The number of aromatic nitrogens is 2. The summed E-state index contributed by atoms with van der Waals surface area (Å²) in [7, 11) is 0. The third-order valence-electron chi connectivity index (χ3n) is 1.74. The van der Waals surface area contributed by atoms with Gasteiger partial charge in [-0.25, -0.2) is 0 Å². The quantitative estimate of drug-likeness (QED) is 0.748. The number of aryl methyl sites for hydroxylation is 1. The molecule has 2 nitrogen and oxygen atoms in total. The fraction of sp³-hybridized carbons (Fsp3) is 0.0909. The van der Waals surface area contributed by atoms with Crippen LogP contribution >= 0.6 is 11.8 Å². The molecular weight excluding hydrogens is 192 g/mol. The number of rotatable bonds is 2. The lowest BCUT2D eigenvalue weighted by atomic mass is 10.4. The lowest BCUT2D eigenvalue weighted by Crippen LogP contribution is -1.86. The van der Waals surface area contributed by atoms with Gasteiger partial charge in [0, 0.05) is 4.90 Å². The van der Waals surface area contributed by atoms with Crippen LogP contribution in [0.2, 0.25) is 0 Å². The number of hydrogen-bond acceptors (Lipinski definition) is 3. The number of hydrogen-bond donors (Lipinski definition) is 0. The molecule has 3 heteroatoms. The highest BCUT2D eigenvalue weighted by Crippen LogP contribution is 2.24. The molecule has 0 radical (unpaired) electrons. The average Bonchev–Trinajstić information content (AvgIpc) is 2.23. The molecular formula is C11H10N2S. The number of benzene rings is 1. The Morgan fingerprint density at radius 3 is 2.36 bits per heavy atom. The molecule has 0 unspecified atom stereocenters. The molecule has 2 aromatic rings. The van der Waals surface area contributed by atoms with Crippen molar-refractivity contribution in [3.8, 4) is 0 Å². The third-order valence-corrected chi connectivity index (χ3v) is 2.67. The van der Waals surface area contributed by atoms with E-state index in [0.29, 0.717) is 0 Å². The van der Waals surface area contributed by atoms with Gasteiger partial charge in [0.2, 0.25) is 0 Å². The average molecular weight is 202 g/mol. The summed E-state index contributed by atoms with van der Waals surface area (Å²) >= 11 is 1.62. The first-order valence-corrected chi connectivity index (χ1v) is 5.19. The fourth-order valence-corrected chi connectivity index (χ4v) is 1.80. The molecule has 0 spiro atoms. The Balaban J connectivity index is 2.16. The first-order valence-electron chi connectivity index (χ1n) is 4.38. The van der Waals surface area contributed by atoms with Gasteiger partial charge in [0.1, 0.15) is 5.03 Å². The summed E-state index contributed by atoms with van der Waals surface area (Å²) in [4.78, 5) is 1.19. The normalized spacial score (nSPS) is 10.1. The van der Waals surface area contributed by atoms with Gasteiger partial charge in [-0.15, -0.1) is 5.10 Å². The van der Waals surface area contributed by atoms with Crippen LogP contribution in [-0.4, -0.2) is 10.2 Å². The van der Waals surface area contributed by atoms with Crippen molar-refractivity contribution in [2.75, 3.05) is 0 Å². The molecule has 0 atom stereocenters. The summed E-state index contributed by atoms with van der Waals surface area (Å²) < 4.78 is 0. The minimum atomic E-state index is 0.932. The van der Waals surface area contributed by atoms with Gasteiger partial charge in [-0.3, -0.25) is 0 Å². The second kappa shape index (κ2) is 4.24. The first-order chi connectivity index (χ1) is 6.84. The van der Waals surface area contributed by atoms with Gasteiger partial charge < -0.3 is 0 Å². The van der Waals surface area contributed by atoms with Crippen LogP contribution in [0, 0.1) is 6.92 Å². The van der Waals surface area contributed by atoms with Crippen LogP contribution in [0.15, 0.2) is 52.4 Å². The van der Waals surface area contributed by atoms with Crippen molar-refractivity contribution in [1.82, 2.24) is 10.2 Å². The molecule has 2 rings (SSSR count). The number of nitrogens with zero attached hydrogens (tertiary/aromatic N) is 2. The van der Waals surface area contributed by atoms with Crippen molar-refractivity contribution in [2.24, 2.45) is 0 Å². The molecule has 0 N–H and O–H groups in total. The Morgan fingerprint density at radius 1 is 0.929 bits per heavy atom. The maximum atomic E-state index is 4.09. The Hall–Kier alpha value is -1.35. The summed E-state index contributed by atoms with van der Waals surface area (Å²) in [5, 5.41) is 9.02. The van der Waals surface area contributed by atoms with Gasteiger partial charge in [-0.2, -0.15) is 5.10 Å². The highest BCUT2D eigenvalue weighted by molar-refractivity contribution is 7.99. The SMILES string of the molecule is Cc1ccc(Sc2ccccc2)nn1. The van der Waals surface area contributed by atoms with E-state index in [1.165, 1.54) is 4.90 Å². The maximum absolute atomic E-state index is 4.09. The molecule has 0 amide bonds. The maximum Gasteiger partial charge on any atom is 0.124 e. The molecule has 0 fully saturated rings. The van der Waals surface area contributed by atoms with E-state index in [1.54, 1.807) is 11.8 Å². The molecule has 14 heavy (non-hydrogen) atoms. The van der Waals surface area contributed by atoms with Crippen molar-refractivity contribution in [3.05, 3.63) is 48.2 Å². The predicted molar refractivity (Wildman–Crippen MR) is 57.3 cm³/mol. The van der Waals surface area contributed by atoms with Gasteiger partial charge in [0.05, 0.1) is 5.69 Å². The van der Waals surface area contributed by atoms with Crippen molar-refractivity contribution in [1.29, 1.82) is 0 Å². The van der Waals surface area contributed by atoms with E-state index in [0.717, 1.165) is 10.7 Å². The Morgan fingerprint density at radius 2 is 1.71 bits per heavy atom. The van der Waals surface area contributed by atoms with Crippen molar-refractivity contribution < 1.29 is 0 Å². The summed E-state index contributed by atoms with van der Waals surface area (Å²) in [6, 6.07) is 14.1. The molecule has 0 aliphatic heterocycles. The molecule has 0 saturated heterocycles. The zero-order valence-corrected chi connectivity index (χ0v) is 8.66. The standard InChI is InChI=1S/C11H10N2S/c1-9-7-8-11(13-12-9)14-10-5-3-2-4-6-10/h2-8H,1H3. The minimum absolute atomic E-state index is 0.932. The summed E-state index contributed by atoms with van der Waals surface area (Å²) in [6.45, 7) is 1.93. The minimum Gasteiger partial charge on any atom is -0.155 e. The van der Waals surface area contributed by atoms with E-state index < -0.39 is 0 Å².